The summed E-state index contributed by atoms with van der Waals surface area (Å²) in [6.45, 7) is 4.26. The van der Waals surface area contributed by atoms with Crippen LogP contribution in [0.2, 0.25) is 0 Å². The van der Waals surface area contributed by atoms with Gasteiger partial charge >= 0.3 is 0 Å². The molecule has 6 nitrogen and oxygen atoms in total. The van der Waals surface area contributed by atoms with Crippen LogP contribution >= 0.6 is 0 Å². The van der Waals surface area contributed by atoms with E-state index in [1.165, 1.54) is 0 Å². The normalized spacial score (nSPS) is 10.2. The summed E-state index contributed by atoms with van der Waals surface area (Å²) in [6, 6.07) is 21.4. The van der Waals surface area contributed by atoms with Crippen molar-refractivity contribution in [2.75, 3.05) is 23.8 Å². The molecule has 2 N–H and O–H groups in total. The van der Waals surface area contributed by atoms with E-state index < -0.39 is 0 Å². The highest BCUT2D eigenvalue weighted by atomic mass is 16.5. The maximum atomic E-state index is 12.5. The fraction of sp³-hybridized carbons (Fsp3) is 0.167. The van der Waals surface area contributed by atoms with E-state index in [2.05, 4.69) is 10.6 Å². The van der Waals surface area contributed by atoms with Gasteiger partial charge in [0.05, 0.1) is 12.3 Å². The Hall–Kier alpha value is -3.80. The summed E-state index contributed by atoms with van der Waals surface area (Å²) in [6.07, 6.45) is 0. The second-order valence-corrected chi connectivity index (χ2v) is 6.61. The molecule has 0 aliphatic rings. The molecule has 0 aromatic heterocycles. The third kappa shape index (κ3) is 5.85. The van der Waals surface area contributed by atoms with Crippen LogP contribution in [-0.4, -0.2) is 25.0 Å². The molecular formula is C24H24N2O4. The molecule has 0 atom stereocenters. The highest BCUT2D eigenvalue weighted by molar-refractivity contribution is 6.05. The molecule has 0 saturated carbocycles. The SMILES string of the molecule is CCOc1ccccc1NC(=O)c1ccc(OCC(=O)Nc2ccc(C)cc2)cc1. The molecule has 154 valence electrons. The van der Waals surface area contributed by atoms with Crippen molar-refractivity contribution in [1.29, 1.82) is 0 Å². The van der Waals surface area contributed by atoms with Crippen LogP contribution in [0, 0.1) is 6.92 Å². The number of anilines is 2. The first-order valence-electron chi connectivity index (χ1n) is 9.67. The Bertz CT molecular complexity index is 998. The highest BCUT2D eigenvalue weighted by Gasteiger charge is 2.10. The van der Waals surface area contributed by atoms with Crippen LogP contribution in [0.1, 0.15) is 22.8 Å². The van der Waals surface area contributed by atoms with Gasteiger partial charge in [-0.25, -0.2) is 0 Å². The minimum absolute atomic E-state index is 0.124. The molecule has 0 spiro atoms. The lowest BCUT2D eigenvalue weighted by Gasteiger charge is -2.11. The number of carbonyl (C=O) groups is 2. The van der Waals surface area contributed by atoms with Gasteiger partial charge in [0.15, 0.2) is 6.61 Å². The number of hydrogen-bond acceptors (Lipinski definition) is 4. The first kappa shape index (κ1) is 20.9. The van der Waals surface area contributed by atoms with Crippen molar-refractivity contribution in [2.24, 2.45) is 0 Å². The fourth-order valence-corrected chi connectivity index (χ4v) is 2.73. The summed E-state index contributed by atoms with van der Waals surface area (Å²) in [4.78, 5) is 24.5. The van der Waals surface area contributed by atoms with E-state index in [9.17, 15) is 9.59 Å². The molecule has 0 heterocycles. The standard InChI is InChI=1S/C24H24N2O4/c1-3-29-22-7-5-4-6-21(22)26-24(28)18-10-14-20(15-11-18)30-16-23(27)25-19-12-8-17(2)9-13-19/h4-15H,3,16H2,1-2H3,(H,25,27)(H,26,28). The number of hydrogen-bond donors (Lipinski definition) is 2. The average Bonchev–Trinajstić information content (AvgIpc) is 2.76. The predicted octanol–water partition coefficient (Wildman–Crippen LogP) is 4.66. The minimum Gasteiger partial charge on any atom is -0.492 e. The third-order valence-electron chi connectivity index (χ3n) is 4.26. The maximum absolute atomic E-state index is 12.5. The monoisotopic (exact) mass is 404 g/mol. The molecule has 2 amide bonds. The lowest BCUT2D eigenvalue weighted by molar-refractivity contribution is -0.118. The van der Waals surface area contributed by atoms with Gasteiger partial charge in [-0.3, -0.25) is 9.59 Å². The van der Waals surface area contributed by atoms with Gasteiger partial charge in [-0.15, -0.1) is 0 Å². The molecule has 0 aliphatic heterocycles. The summed E-state index contributed by atoms with van der Waals surface area (Å²) in [5.74, 6) is 0.604. The molecule has 0 unspecified atom stereocenters. The molecule has 0 radical (unpaired) electrons. The van der Waals surface area contributed by atoms with E-state index in [1.54, 1.807) is 36.4 Å². The van der Waals surface area contributed by atoms with Crippen LogP contribution in [0.3, 0.4) is 0 Å². The second kappa shape index (κ2) is 10.1. The molecule has 0 saturated heterocycles. The summed E-state index contributed by atoms with van der Waals surface area (Å²) < 4.78 is 11.0. The van der Waals surface area contributed by atoms with Gasteiger partial charge in [-0.2, -0.15) is 0 Å². The Labute approximate surface area is 175 Å². The number of benzene rings is 3. The number of aryl methyl sites for hydroxylation is 1. The summed E-state index contributed by atoms with van der Waals surface area (Å²) in [7, 11) is 0. The second-order valence-electron chi connectivity index (χ2n) is 6.61. The molecule has 3 rings (SSSR count). The van der Waals surface area contributed by atoms with Crippen LogP contribution in [-0.2, 0) is 4.79 Å². The average molecular weight is 404 g/mol. The molecule has 0 aliphatic carbocycles. The summed E-state index contributed by atoms with van der Waals surface area (Å²) >= 11 is 0. The summed E-state index contributed by atoms with van der Waals surface area (Å²) in [5.41, 5.74) is 2.92. The lowest BCUT2D eigenvalue weighted by Crippen LogP contribution is -2.20. The summed E-state index contributed by atoms with van der Waals surface area (Å²) in [5, 5.41) is 5.62. The molecule has 3 aromatic carbocycles. The van der Waals surface area contributed by atoms with Crippen LogP contribution < -0.4 is 20.1 Å². The zero-order valence-electron chi connectivity index (χ0n) is 17.0. The number of amides is 2. The van der Waals surface area contributed by atoms with Crippen molar-refractivity contribution in [3.63, 3.8) is 0 Å². The Kier molecular flexibility index (Phi) is 7.05. The molecule has 30 heavy (non-hydrogen) atoms. The van der Waals surface area contributed by atoms with Gasteiger partial charge < -0.3 is 20.1 Å². The highest BCUT2D eigenvalue weighted by Crippen LogP contribution is 2.24. The van der Waals surface area contributed by atoms with Gasteiger partial charge in [-0.05, 0) is 62.4 Å². The number of carbonyl (C=O) groups excluding carboxylic acids is 2. The van der Waals surface area contributed by atoms with Gasteiger partial charge in [0.2, 0.25) is 0 Å². The van der Waals surface area contributed by atoms with E-state index in [0.717, 1.165) is 5.56 Å². The topological polar surface area (TPSA) is 76.7 Å². The Balaban J connectivity index is 1.53. The molecular weight excluding hydrogens is 380 g/mol. The molecule has 6 heteroatoms. The Morgan fingerprint density at radius 2 is 1.53 bits per heavy atom. The molecule has 0 fully saturated rings. The van der Waals surface area contributed by atoms with Crippen LogP contribution in [0.15, 0.2) is 72.8 Å². The minimum atomic E-state index is -0.259. The quantitative estimate of drug-likeness (QED) is 0.572. The van der Waals surface area contributed by atoms with Crippen molar-refractivity contribution in [3.05, 3.63) is 83.9 Å². The number of para-hydroxylation sites is 2. The molecule has 3 aromatic rings. The van der Waals surface area contributed by atoms with Gasteiger partial charge in [0, 0.05) is 11.3 Å². The van der Waals surface area contributed by atoms with Gasteiger partial charge in [0.25, 0.3) is 11.8 Å². The lowest BCUT2D eigenvalue weighted by atomic mass is 10.2. The Morgan fingerprint density at radius 1 is 0.833 bits per heavy atom. The van der Waals surface area contributed by atoms with Crippen molar-refractivity contribution in [2.45, 2.75) is 13.8 Å². The maximum Gasteiger partial charge on any atom is 0.262 e. The van der Waals surface area contributed by atoms with Gasteiger partial charge in [-0.1, -0.05) is 29.8 Å². The van der Waals surface area contributed by atoms with Crippen molar-refractivity contribution < 1.29 is 19.1 Å². The first-order chi connectivity index (χ1) is 14.5. The Morgan fingerprint density at radius 3 is 2.23 bits per heavy atom. The first-order valence-corrected chi connectivity index (χ1v) is 9.67. The van der Waals surface area contributed by atoms with Crippen molar-refractivity contribution in [3.8, 4) is 11.5 Å². The van der Waals surface area contributed by atoms with E-state index >= 15 is 0 Å². The van der Waals surface area contributed by atoms with Crippen molar-refractivity contribution >= 4 is 23.2 Å². The van der Waals surface area contributed by atoms with E-state index in [4.69, 9.17) is 9.47 Å². The van der Waals surface area contributed by atoms with Gasteiger partial charge in [0.1, 0.15) is 11.5 Å². The predicted molar refractivity (Wildman–Crippen MR) is 117 cm³/mol. The number of ether oxygens (including phenoxy) is 2. The van der Waals surface area contributed by atoms with Crippen LogP contribution in [0.25, 0.3) is 0 Å². The number of rotatable bonds is 8. The zero-order valence-corrected chi connectivity index (χ0v) is 17.0. The van der Waals surface area contributed by atoms with Crippen LogP contribution in [0.4, 0.5) is 11.4 Å². The zero-order chi connectivity index (χ0) is 21.3. The smallest absolute Gasteiger partial charge is 0.262 e. The van der Waals surface area contributed by atoms with E-state index in [-0.39, 0.29) is 18.4 Å². The third-order valence-corrected chi connectivity index (χ3v) is 4.26. The molecule has 0 bridgehead atoms. The van der Waals surface area contributed by atoms with Crippen LogP contribution in [0.5, 0.6) is 11.5 Å². The van der Waals surface area contributed by atoms with E-state index in [1.807, 2.05) is 50.2 Å². The van der Waals surface area contributed by atoms with E-state index in [0.29, 0.717) is 35.0 Å². The largest absolute Gasteiger partial charge is 0.492 e. The fourth-order valence-electron chi connectivity index (χ4n) is 2.73. The van der Waals surface area contributed by atoms with Crippen molar-refractivity contribution in [1.82, 2.24) is 0 Å². The number of nitrogens with one attached hydrogen (secondary N) is 2.